The molecule has 1 aliphatic rings. The van der Waals surface area contributed by atoms with E-state index in [1.807, 2.05) is 12.1 Å². The van der Waals surface area contributed by atoms with E-state index in [4.69, 9.17) is 14.0 Å². The predicted octanol–water partition coefficient (Wildman–Crippen LogP) is 1.71. The first-order valence-corrected chi connectivity index (χ1v) is 7.21. The summed E-state index contributed by atoms with van der Waals surface area (Å²) in [6.45, 7) is 1.96. The Kier molecular flexibility index (Phi) is 4.22. The number of hydrogen-bond acceptors (Lipinski definition) is 7. The monoisotopic (exact) mass is 317 g/mol. The maximum atomic E-state index is 11.4. The molecule has 2 heterocycles. The standard InChI is InChI=1S/C15H15N3O5/c1-2-21-15(20)14-17-12(18-23-14)8-22-10-5-3-9-4-6-13(19)16-11(9)7-10/h3,5,7H,2,4,6,8H2,1H3,(H,16,19). The van der Waals surface area contributed by atoms with Gasteiger partial charge in [-0.3, -0.25) is 4.79 Å². The number of aromatic nitrogens is 2. The minimum Gasteiger partial charge on any atom is -0.485 e. The van der Waals surface area contributed by atoms with E-state index in [0.29, 0.717) is 12.2 Å². The van der Waals surface area contributed by atoms with Crippen molar-refractivity contribution in [3.05, 3.63) is 35.5 Å². The molecule has 120 valence electrons. The molecular weight excluding hydrogens is 302 g/mol. The molecule has 3 rings (SSSR count). The Balaban J connectivity index is 1.63. The van der Waals surface area contributed by atoms with E-state index in [1.54, 1.807) is 13.0 Å². The van der Waals surface area contributed by atoms with Gasteiger partial charge in [0.2, 0.25) is 11.7 Å². The van der Waals surface area contributed by atoms with Crippen molar-refractivity contribution in [1.29, 1.82) is 0 Å². The molecule has 23 heavy (non-hydrogen) atoms. The lowest BCUT2D eigenvalue weighted by Crippen LogP contribution is -2.18. The van der Waals surface area contributed by atoms with Crippen molar-refractivity contribution < 1.29 is 23.6 Å². The SMILES string of the molecule is CCOC(=O)c1nc(COc2ccc3c(c2)NC(=O)CC3)no1. The Labute approximate surface area is 131 Å². The topological polar surface area (TPSA) is 104 Å². The van der Waals surface area contributed by atoms with E-state index in [1.165, 1.54) is 0 Å². The number of hydrogen-bond donors (Lipinski definition) is 1. The third-order valence-electron chi connectivity index (χ3n) is 3.26. The summed E-state index contributed by atoms with van der Waals surface area (Å²) in [6.07, 6.45) is 1.21. The van der Waals surface area contributed by atoms with Crippen molar-refractivity contribution in [3.8, 4) is 5.75 Å². The maximum Gasteiger partial charge on any atom is 0.397 e. The molecule has 8 heteroatoms. The second kappa shape index (κ2) is 6.47. The minimum atomic E-state index is -0.664. The Morgan fingerprint density at radius 3 is 3.09 bits per heavy atom. The fourth-order valence-corrected chi connectivity index (χ4v) is 2.18. The van der Waals surface area contributed by atoms with Gasteiger partial charge in [-0.1, -0.05) is 11.2 Å². The highest BCUT2D eigenvalue weighted by molar-refractivity contribution is 5.94. The number of aryl methyl sites for hydroxylation is 1. The number of esters is 1. The number of amides is 1. The summed E-state index contributed by atoms with van der Waals surface area (Å²) in [4.78, 5) is 26.7. The van der Waals surface area contributed by atoms with Crippen molar-refractivity contribution in [2.24, 2.45) is 0 Å². The molecule has 2 aromatic rings. The van der Waals surface area contributed by atoms with Crippen molar-refractivity contribution in [3.63, 3.8) is 0 Å². The number of benzene rings is 1. The van der Waals surface area contributed by atoms with Gasteiger partial charge in [0.05, 0.1) is 6.61 Å². The minimum absolute atomic E-state index is 0.00750. The quantitative estimate of drug-likeness (QED) is 0.837. The molecule has 1 aliphatic heterocycles. The fourth-order valence-electron chi connectivity index (χ4n) is 2.18. The number of nitrogens with one attached hydrogen (secondary N) is 1. The highest BCUT2D eigenvalue weighted by atomic mass is 16.6. The summed E-state index contributed by atoms with van der Waals surface area (Å²) in [7, 11) is 0. The van der Waals surface area contributed by atoms with Gasteiger partial charge in [0.25, 0.3) is 0 Å². The summed E-state index contributed by atoms with van der Waals surface area (Å²) in [5.74, 6) is -0.0824. The van der Waals surface area contributed by atoms with Gasteiger partial charge in [-0.15, -0.1) is 0 Å². The molecule has 1 aromatic carbocycles. The van der Waals surface area contributed by atoms with Gasteiger partial charge >= 0.3 is 11.9 Å². The zero-order valence-corrected chi connectivity index (χ0v) is 12.5. The first-order valence-electron chi connectivity index (χ1n) is 7.21. The van der Waals surface area contributed by atoms with Gasteiger partial charge in [-0.2, -0.15) is 4.98 Å². The molecule has 0 aliphatic carbocycles. The zero-order chi connectivity index (χ0) is 16.2. The van der Waals surface area contributed by atoms with E-state index < -0.39 is 5.97 Å². The van der Waals surface area contributed by atoms with Crippen molar-refractivity contribution >= 4 is 17.6 Å². The van der Waals surface area contributed by atoms with Crippen LogP contribution in [0, 0.1) is 0 Å². The number of nitrogens with zero attached hydrogens (tertiary/aromatic N) is 2. The van der Waals surface area contributed by atoms with Crippen LogP contribution in [0.1, 0.15) is 35.4 Å². The van der Waals surface area contributed by atoms with Gasteiger partial charge in [-0.25, -0.2) is 4.79 Å². The van der Waals surface area contributed by atoms with Crippen LogP contribution in [0.25, 0.3) is 0 Å². The molecule has 0 radical (unpaired) electrons. The molecule has 0 saturated carbocycles. The molecule has 0 spiro atoms. The van der Waals surface area contributed by atoms with Gasteiger partial charge in [-0.05, 0) is 25.0 Å². The van der Waals surface area contributed by atoms with E-state index in [9.17, 15) is 9.59 Å². The first kappa shape index (κ1) is 15.0. The zero-order valence-electron chi connectivity index (χ0n) is 12.5. The molecule has 1 N–H and O–H groups in total. The van der Waals surface area contributed by atoms with Crippen LogP contribution >= 0.6 is 0 Å². The average Bonchev–Trinajstić information content (AvgIpc) is 3.02. The predicted molar refractivity (Wildman–Crippen MR) is 78.0 cm³/mol. The van der Waals surface area contributed by atoms with E-state index in [0.717, 1.165) is 17.7 Å². The molecule has 0 unspecified atom stereocenters. The summed E-state index contributed by atoms with van der Waals surface area (Å²) in [5.41, 5.74) is 1.82. The normalized spacial score (nSPS) is 13.2. The van der Waals surface area contributed by atoms with E-state index in [-0.39, 0.29) is 30.8 Å². The van der Waals surface area contributed by atoms with Crippen LogP contribution in [0.3, 0.4) is 0 Å². The Morgan fingerprint density at radius 1 is 1.39 bits per heavy atom. The highest BCUT2D eigenvalue weighted by Crippen LogP contribution is 2.27. The number of carbonyl (C=O) groups excluding carboxylic acids is 2. The number of ether oxygens (including phenoxy) is 2. The molecular formula is C15H15N3O5. The maximum absolute atomic E-state index is 11.4. The first-order chi connectivity index (χ1) is 11.2. The van der Waals surface area contributed by atoms with E-state index >= 15 is 0 Å². The number of carbonyl (C=O) groups is 2. The summed E-state index contributed by atoms with van der Waals surface area (Å²) in [6, 6.07) is 5.46. The van der Waals surface area contributed by atoms with Gasteiger partial charge < -0.3 is 19.3 Å². The average molecular weight is 317 g/mol. The van der Waals surface area contributed by atoms with Crippen LogP contribution in [0.5, 0.6) is 5.75 Å². The van der Waals surface area contributed by atoms with Crippen LogP contribution < -0.4 is 10.1 Å². The summed E-state index contributed by atoms with van der Waals surface area (Å²) in [5, 5.41) is 6.45. The molecule has 0 atom stereocenters. The smallest absolute Gasteiger partial charge is 0.397 e. The lowest BCUT2D eigenvalue weighted by Gasteiger charge is -2.17. The lowest BCUT2D eigenvalue weighted by atomic mass is 10.0. The van der Waals surface area contributed by atoms with Crippen molar-refractivity contribution in [2.45, 2.75) is 26.4 Å². The van der Waals surface area contributed by atoms with Gasteiger partial charge in [0.1, 0.15) is 5.75 Å². The Morgan fingerprint density at radius 2 is 2.26 bits per heavy atom. The highest BCUT2D eigenvalue weighted by Gasteiger charge is 2.17. The van der Waals surface area contributed by atoms with Crippen LogP contribution in [0.4, 0.5) is 5.69 Å². The molecule has 0 saturated heterocycles. The number of fused-ring (bicyclic) bond motifs is 1. The third-order valence-corrected chi connectivity index (χ3v) is 3.26. The molecule has 1 aromatic heterocycles. The van der Waals surface area contributed by atoms with Crippen molar-refractivity contribution in [1.82, 2.24) is 10.1 Å². The van der Waals surface area contributed by atoms with Crippen LogP contribution in [0.15, 0.2) is 22.7 Å². The summed E-state index contributed by atoms with van der Waals surface area (Å²) < 4.78 is 15.1. The fraction of sp³-hybridized carbons (Fsp3) is 0.333. The number of anilines is 1. The van der Waals surface area contributed by atoms with Crippen LogP contribution in [-0.2, 0) is 22.6 Å². The third kappa shape index (κ3) is 3.47. The van der Waals surface area contributed by atoms with Gasteiger partial charge in [0.15, 0.2) is 6.61 Å². The largest absolute Gasteiger partial charge is 0.485 e. The lowest BCUT2D eigenvalue weighted by molar-refractivity contribution is -0.116. The second-order valence-electron chi connectivity index (χ2n) is 4.89. The Hall–Kier alpha value is -2.90. The molecule has 1 amide bonds. The molecule has 8 nitrogen and oxygen atoms in total. The van der Waals surface area contributed by atoms with Crippen molar-refractivity contribution in [2.75, 3.05) is 11.9 Å². The van der Waals surface area contributed by atoms with Crippen LogP contribution in [-0.4, -0.2) is 28.6 Å². The Bertz CT molecular complexity index is 740. The number of rotatable bonds is 5. The second-order valence-corrected chi connectivity index (χ2v) is 4.89. The molecule has 0 fully saturated rings. The summed E-state index contributed by atoms with van der Waals surface area (Å²) >= 11 is 0. The van der Waals surface area contributed by atoms with E-state index in [2.05, 4.69) is 15.5 Å². The molecule has 0 bridgehead atoms. The van der Waals surface area contributed by atoms with Gasteiger partial charge in [0, 0.05) is 18.2 Å². The van der Waals surface area contributed by atoms with Crippen LogP contribution in [0.2, 0.25) is 0 Å².